The van der Waals surface area contributed by atoms with E-state index in [9.17, 15) is 0 Å². The third kappa shape index (κ3) is 2.43. The number of aromatic nitrogens is 1. The lowest BCUT2D eigenvalue weighted by atomic mass is 10.3. The molecule has 3 aromatic rings. The summed E-state index contributed by atoms with van der Waals surface area (Å²) in [6.45, 7) is 0. The summed E-state index contributed by atoms with van der Waals surface area (Å²) in [6, 6.07) is 13.2. The van der Waals surface area contributed by atoms with E-state index in [1.54, 1.807) is 11.3 Å². The number of hydrogen-bond acceptors (Lipinski definition) is 3. The molecule has 0 unspecified atom stereocenters. The highest BCUT2D eigenvalue weighted by molar-refractivity contribution is 7.22. The van der Waals surface area contributed by atoms with Gasteiger partial charge in [0.25, 0.3) is 0 Å². The Morgan fingerprint density at radius 2 is 1.67 bits per heavy atom. The number of nitrogens with zero attached hydrogens (tertiary/aromatic N) is 1. The number of halogens is 2. The molecule has 0 saturated carbocycles. The monoisotopic (exact) mass is 294 g/mol. The van der Waals surface area contributed by atoms with Crippen molar-refractivity contribution >= 4 is 55.6 Å². The first-order valence-corrected chi connectivity index (χ1v) is 6.87. The molecule has 3 rings (SSSR count). The highest BCUT2D eigenvalue weighted by Gasteiger charge is 2.04. The zero-order chi connectivity index (χ0) is 12.5. The highest BCUT2D eigenvalue weighted by Crippen LogP contribution is 2.30. The number of rotatable bonds is 2. The number of nitrogens with one attached hydrogen (secondary N) is 1. The molecule has 0 spiro atoms. The summed E-state index contributed by atoms with van der Waals surface area (Å²) in [4.78, 5) is 4.48. The van der Waals surface area contributed by atoms with Crippen molar-refractivity contribution in [3.05, 3.63) is 52.5 Å². The van der Waals surface area contributed by atoms with Crippen LogP contribution < -0.4 is 5.32 Å². The van der Waals surface area contributed by atoms with Gasteiger partial charge in [-0.05, 0) is 42.5 Å². The van der Waals surface area contributed by atoms with Crippen molar-refractivity contribution in [2.24, 2.45) is 0 Å². The van der Waals surface area contributed by atoms with Crippen LogP contribution in [-0.2, 0) is 0 Å². The molecular weight excluding hydrogens is 287 g/mol. The highest BCUT2D eigenvalue weighted by atomic mass is 35.5. The molecule has 0 aliphatic heterocycles. The van der Waals surface area contributed by atoms with Crippen LogP contribution in [0.3, 0.4) is 0 Å². The van der Waals surface area contributed by atoms with E-state index in [4.69, 9.17) is 23.2 Å². The van der Waals surface area contributed by atoms with Gasteiger partial charge in [-0.1, -0.05) is 34.5 Å². The van der Waals surface area contributed by atoms with Gasteiger partial charge in [-0.25, -0.2) is 4.98 Å². The number of benzene rings is 2. The van der Waals surface area contributed by atoms with Crippen LogP contribution in [0.4, 0.5) is 10.8 Å². The largest absolute Gasteiger partial charge is 0.332 e. The molecule has 1 heterocycles. The smallest absolute Gasteiger partial charge is 0.188 e. The second-order valence-corrected chi connectivity index (χ2v) is 5.67. The number of hydrogen-bond donors (Lipinski definition) is 1. The molecular formula is C13H8Cl2N2S. The van der Waals surface area contributed by atoms with Gasteiger partial charge in [-0.2, -0.15) is 0 Å². The number of fused-ring (bicyclic) bond motifs is 1. The first kappa shape index (κ1) is 11.8. The molecule has 1 N–H and O–H groups in total. The standard InChI is InChI=1S/C13H8Cl2N2S/c14-8-1-4-10(5-2-8)16-13-17-11-7-9(15)3-6-12(11)18-13/h1-7H,(H,16,17). The van der Waals surface area contributed by atoms with Crippen molar-refractivity contribution in [1.29, 1.82) is 0 Å². The molecule has 0 atom stereocenters. The molecule has 5 heteroatoms. The van der Waals surface area contributed by atoms with Crippen molar-refractivity contribution in [2.75, 3.05) is 5.32 Å². The van der Waals surface area contributed by atoms with Gasteiger partial charge in [0.1, 0.15) is 0 Å². The Kier molecular flexibility index (Phi) is 3.12. The van der Waals surface area contributed by atoms with Crippen LogP contribution >= 0.6 is 34.5 Å². The van der Waals surface area contributed by atoms with E-state index in [2.05, 4.69) is 10.3 Å². The molecule has 1 aromatic heterocycles. The van der Waals surface area contributed by atoms with Crippen LogP contribution in [0, 0.1) is 0 Å². The van der Waals surface area contributed by atoms with E-state index in [-0.39, 0.29) is 0 Å². The minimum atomic E-state index is 0.700. The van der Waals surface area contributed by atoms with Crippen molar-refractivity contribution in [2.45, 2.75) is 0 Å². The molecule has 90 valence electrons. The van der Waals surface area contributed by atoms with Crippen LogP contribution in [0.25, 0.3) is 10.2 Å². The van der Waals surface area contributed by atoms with Gasteiger partial charge < -0.3 is 5.32 Å². The topological polar surface area (TPSA) is 24.9 Å². The third-order valence-electron chi connectivity index (χ3n) is 2.45. The quantitative estimate of drug-likeness (QED) is 0.689. The second-order valence-electron chi connectivity index (χ2n) is 3.76. The summed E-state index contributed by atoms with van der Waals surface area (Å²) in [6.07, 6.45) is 0. The molecule has 0 aliphatic rings. The number of thiazole rings is 1. The van der Waals surface area contributed by atoms with Gasteiger partial charge in [0, 0.05) is 15.7 Å². The summed E-state index contributed by atoms with van der Waals surface area (Å²) in [5.41, 5.74) is 1.87. The van der Waals surface area contributed by atoms with Crippen molar-refractivity contribution in [3.63, 3.8) is 0 Å². The summed E-state index contributed by atoms with van der Waals surface area (Å²) < 4.78 is 1.11. The molecule has 18 heavy (non-hydrogen) atoms. The average molecular weight is 295 g/mol. The lowest BCUT2D eigenvalue weighted by Crippen LogP contribution is -1.87. The van der Waals surface area contributed by atoms with E-state index in [0.717, 1.165) is 26.1 Å². The Morgan fingerprint density at radius 1 is 0.944 bits per heavy atom. The first-order chi connectivity index (χ1) is 8.70. The van der Waals surface area contributed by atoms with E-state index in [1.165, 1.54) is 0 Å². The number of anilines is 2. The summed E-state index contributed by atoms with van der Waals surface area (Å²) in [5.74, 6) is 0. The summed E-state index contributed by atoms with van der Waals surface area (Å²) >= 11 is 13.4. The Morgan fingerprint density at radius 3 is 2.44 bits per heavy atom. The first-order valence-electron chi connectivity index (χ1n) is 5.29. The molecule has 0 radical (unpaired) electrons. The van der Waals surface area contributed by atoms with Gasteiger partial charge in [-0.15, -0.1) is 0 Å². The predicted molar refractivity (Wildman–Crippen MR) is 79.4 cm³/mol. The van der Waals surface area contributed by atoms with Crippen LogP contribution in [0.5, 0.6) is 0 Å². The maximum atomic E-state index is 5.94. The maximum absolute atomic E-state index is 5.94. The molecule has 0 bridgehead atoms. The van der Waals surface area contributed by atoms with Gasteiger partial charge in [0.05, 0.1) is 10.2 Å². The predicted octanol–water partition coefficient (Wildman–Crippen LogP) is 5.35. The van der Waals surface area contributed by atoms with E-state index >= 15 is 0 Å². The average Bonchev–Trinajstić information content (AvgIpc) is 2.73. The van der Waals surface area contributed by atoms with Crippen LogP contribution in [-0.4, -0.2) is 4.98 Å². The van der Waals surface area contributed by atoms with Crippen molar-refractivity contribution in [1.82, 2.24) is 4.98 Å². The van der Waals surface area contributed by atoms with Crippen molar-refractivity contribution < 1.29 is 0 Å². The maximum Gasteiger partial charge on any atom is 0.188 e. The lowest BCUT2D eigenvalue weighted by Gasteiger charge is -2.01. The van der Waals surface area contributed by atoms with Crippen LogP contribution in [0.2, 0.25) is 10.0 Å². The molecule has 0 fully saturated rings. The second kappa shape index (κ2) is 4.76. The Labute approximate surface area is 118 Å². The van der Waals surface area contributed by atoms with Crippen LogP contribution in [0.1, 0.15) is 0 Å². The Balaban J connectivity index is 1.92. The summed E-state index contributed by atoms with van der Waals surface area (Å²) in [7, 11) is 0. The molecule has 2 aromatic carbocycles. The van der Waals surface area contributed by atoms with Gasteiger partial charge in [0.15, 0.2) is 5.13 Å². The zero-order valence-electron chi connectivity index (χ0n) is 9.15. The normalized spacial score (nSPS) is 10.8. The van der Waals surface area contributed by atoms with Gasteiger partial charge >= 0.3 is 0 Å². The van der Waals surface area contributed by atoms with Crippen molar-refractivity contribution in [3.8, 4) is 0 Å². The van der Waals surface area contributed by atoms with E-state index in [1.807, 2.05) is 42.5 Å². The molecule has 0 amide bonds. The minimum Gasteiger partial charge on any atom is -0.332 e. The van der Waals surface area contributed by atoms with E-state index in [0.29, 0.717) is 5.02 Å². The fourth-order valence-electron chi connectivity index (χ4n) is 1.61. The molecule has 2 nitrogen and oxygen atoms in total. The molecule has 0 aliphatic carbocycles. The van der Waals surface area contributed by atoms with Gasteiger partial charge in [-0.3, -0.25) is 0 Å². The van der Waals surface area contributed by atoms with E-state index < -0.39 is 0 Å². The van der Waals surface area contributed by atoms with Gasteiger partial charge in [0.2, 0.25) is 0 Å². The third-order valence-corrected chi connectivity index (χ3v) is 3.88. The zero-order valence-corrected chi connectivity index (χ0v) is 11.5. The minimum absolute atomic E-state index is 0.700. The fourth-order valence-corrected chi connectivity index (χ4v) is 2.77. The SMILES string of the molecule is Clc1ccc(Nc2nc3cc(Cl)ccc3s2)cc1. The molecule has 0 saturated heterocycles. The lowest BCUT2D eigenvalue weighted by molar-refractivity contribution is 1.44. The van der Waals surface area contributed by atoms with Crippen LogP contribution in [0.15, 0.2) is 42.5 Å². The fraction of sp³-hybridized carbons (Fsp3) is 0. The Hall–Kier alpha value is -1.29. The Bertz CT molecular complexity index is 692. The summed E-state index contributed by atoms with van der Waals surface area (Å²) in [5, 5.41) is 5.51.